The maximum atomic E-state index is 3.76. The molecular weight excluding hydrogens is 206 g/mol. The Hall–Kier alpha value is -0.820. The molecule has 1 aliphatic rings. The van der Waals surface area contributed by atoms with Gasteiger partial charge in [0.15, 0.2) is 0 Å². The zero-order chi connectivity index (χ0) is 12.1. The first-order valence-electron chi connectivity index (χ1n) is 7.09. The van der Waals surface area contributed by atoms with Gasteiger partial charge in [-0.2, -0.15) is 0 Å². The molecule has 3 unspecified atom stereocenters. The topological polar surface area (TPSA) is 12.0 Å². The Balaban J connectivity index is 1.63. The number of nitrogens with one attached hydrogen (secondary N) is 1. The maximum Gasteiger partial charge on any atom is 0.0102 e. The molecule has 94 valence electrons. The van der Waals surface area contributed by atoms with Gasteiger partial charge in [0.05, 0.1) is 0 Å². The smallest absolute Gasteiger partial charge is 0.0102 e. The first-order chi connectivity index (χ1) is 8.29. The predicted molar refractivity (Wildman–Crippen MR) is 74.2 cm³/mol. The highest BCUT2D eigenvalue weighted by Gasteiger charge is 2.36. The van der Waals surface area contributed by atoms with Gasteiger partial charge < -0.3 is 5.32 Å². The van der Waals surface area contributed by atoms with Crippen LogP contribution in [0.4, 0.5) is 0 Å². The summed E-state index contributed by atoms with van der Waals surface area (Å²) in [5, 5.41) is 3.76. The van der Waals surface area contributed by atoms with Crippen LogP contribution in [0.25, 0.3) is 0 Å². The summed E-state index contributed by atoms with van der Waals surface area (Å²) in [6.07, 6.45) is 6.59. The first kappa shape index (κ1) is 12.6. The Kier molecular flexibility index (Phi) is 4.61. The molecule has 1 nitrogen and oxygen atoms in total. The summed E-state index contributed by atoms with van der Waals surface area (Å²) in [5.41, 5.74) is 1.46. The Morgan fingerprint density at radius 1 is 1.29 bits per heavy atom. The average Bonchev–Trinajstić information content (AvgIpc) is 3.06. The third-order valence-electron chi connectivity index (χ3n) is 3.79. The molecule has 3 atom stereocenters. The second-order valence-corrected chi connectivity index (χ2v) is 5.48. The van der Waals surface area contributed by atoms with Crippen molar-refractivity contribution >= 4 is 0 Å². The van der Waals surface area contributed by atoms with Crippen molar-refractivity contribution in [3.05, 3.63) is 35.9 Å². The van der Waals surface area contributed by atoms with Crippen molar-refractivity contribution in [1.29, 1.82) is 0 Å². The zero-order valence-electron chi connectivity index (χ0n) is 11.2. The second-order valence-electron chi connectivity index (χ2n) is 5.48. The molecule has 1 aromatic rings. The van der Waals surface area contributed by atoms with Gasteiger partial charge in [-0.15, -0.1) is 0 Å². The Labute approximate surface area is 106 Å². The fourth-order valence-corrected chi connectivity index (χ4v) is 2.62. The molecule has 1 aromatic carbocycles. The van der Waals surface area contributed by atoms with E-state index in [9.17, 15) is 0 Å². The van der Waals surface area contributed by atoms with Crippen LogP contribution in [-0.4, -0.2) is 12.1 Å². The second kappa shape index (κ2) is 6.20. The van der Waals surface area contributed by atoms with E-state index < -0.39 is 0 Å². The largest absolute Gasteiger partial charge is 0.311 e. The summed E-state index contributed by atoms with van der Waals surface area (Å²) < 4.78 is 0. The van der Waals surface area contributed by atoms with E-state index in [4.69, 9.17) is 0 Å². The summed E-state index contributed by atoms with van der Waals surface area (Å²) in [7, 11) is 0. The third-order valence-corrected chi connectivity index (χ3v) is 3.79. The molecule has 0 aliphatic heterocycles. The van der Waals surface area contributed by atoms with Gasteiger partial charge in [0.1, 0.15) is 0 Å². The van der Waals surface area contributed by atoms with Crippen LogP contribution in [0.15, 0.2) is 30.3 Å². The first-order valence-corrected chi connectivity index (χ1v) is 7.09. The van der Waals surface area contributed by atoms with Crippen LogP contribution < -0.4 is 5.32 Å². The molecule has 0 spiro atoms. The Morgan fingerprint density at radius 2 is 2.06 bits per heavy atom. The highest BCUT2D eigenvalue weighted by Crippen LogP contribution is 2.35. The number of hydrogen-bond acceptors (Lipinski definition) is 1. The van der Waals surface area contributed by atoms with E-state index in [-0.39, 0.29) is 0 Å². The Bertz CT molecular complexity index is 320. The number of rotatable bonds is 7. The van der Waals surface area contributed by atoms with Crippen LogP contribution in [0.1, 0.15) is 45.1 Å². The van der Waals surface area contributed by atoms with Crippen molar-refractivity contribution in [2.45, 2.75) is 58.0 Å². The quantitative estimate of drug-likeness (QED) is 0.753. The minimum absolute atomic E-state index is 0.655. The summed E-state index contributed by atoms with van der Waals surface area (Å²) in [6.45, 7) is 4.61. The van der Waals surface area contributed by atoms with Crippen LogP contribution >= 0.6 is 0 Å². The predicted octanol–water partition coefficient (Wildman–Crippen LogP) is 3.79. The molecule has 1 heteroatoms. The summed E-state index contributed by atoms with van der Waals surface area (Å²) >= 11 is 0. The van der Waals surface area contributed by atoms with Gasteiger partial charge in [0.25, 0.3) is 0 Å². The molecule has 1 aliphatic carbocycles. The lowest BCUT2D eigenvalue weighted by Gasteiger charge is -2.13. The van der Waals surface area contributed by atoms with E-state index in [1.807, 2.05) is 0 Å². The van der Waals surface area contributed by atoms with Crippen LogP contribution in [-0.2, 0) is 6.42 Å². The van der Waals surface area contributed by atoms with Gasteiger partial charge in [0, 0.05) is 12.1 Å². The van der Waals surface area contributed by atoms with Gasteiger partial charge in [-0.3, -0.25) is 0 Å². The lowest BCUT2D eigenvalue weighted by molar-refractivity contribution is 0.487. The van der Waals surface area contributed by atoms with E-state index >= 15 is 0 Å². The van der Waals surface area contributed by atoms with Gasteiger partial charge in [-0.1, -0.05) is 43.7 Å². The summed E-state index contributed by atoms with van der Waals surface area (Å²) in [6, 6.07) is 12.3. The molecule has 1 fully saturated rings. The Morgan fingerprint density at radius 3 is 2.76 bits per heavy atom. The summed E-state index contributed by atoms with van der Waals surface area (Å²) in [4.78, 5) is 0. The van der Waals surface area contributed by atoms with Gasteiger partial charge in [-0.25, -0.2) is 0 Å². The monoisotopic (exact) mass is 231 g/mol. The van der Waals surface area contributed by atoms with Crippen molar-refractivity contribution in [2.75, 3.05) is 0 Å². The molecule has 0 saturated heterocycles. The molecule has 0 bridgehead atoms. The molecule has 1 saturated carbocycles. The average molecular weight is 231 g/mol. The van der Waals surface area contributed by atoms with Crippen molar-refractivity contribution < 1.29 is 0 Å². The molecule has 17 heavy (non-hydrogen) atoms. The fraction of sp³-hybridized carbons (Fsp3) is 0.625. The SMILES string of the molecule is CCCC1CC1NC(C)CCc1ccccc1. The number of hydrogen-bond donors (Lipinski definition) is 1. The highest BCUT2D eigenvalue weighted by atomic mass is 15.0. The standard InChI is InChI=1S/C16H25N/c1-3-7-15-12-16(15)17-13(2)10-11-14-8-5-4-6-9-14/h4-6,8-9,13,15-17H,3,7,10-12H2,1-2H3. The van der Waals surface area contributed by atoms with E-state index in [1.54, 1.807) is 0 Å². The zero-order valence-corrected chi connectivity index (χ0v) is 11.2. The number of aryl methyl sites for hydroxylation is 1. The van der Waals surface area contributed by atoms with Gasteiger partial charge >= 0.3 is 0 Å². The third kappa shape index (κ3) is 4.16. The van der Waals surface area contributed by atoms with E-state index in [1.165, 1.54) is 37.7 Å². The normalized spacial score (nSPS) is 24.6. The van der Waals surface area contributed by atoms with Crippen molar-refractivity contribution in [3.8, 4) is 0 Å². The highest BCUT2D eigenvalue weighted by molar-refractivity contribution is 5.14. The van der Waals surface area contributed by atoms with Gasteiger partial charge in [-0.05, 0) is 44.1 Å². The molecular formula is C16H25N. The lowest BCUT2D eigenvalue weighted by Crippen LogP contribution is -2.29. The van der Waals surface area contributed by atoms with E-state index in [0.29, 0.717) is 6.04 Å². The maximum absolute atomic E-state index is 3.76. The van der Waals surface area contributed by atoms with Crippen molar-refractivity contribution in [2.24, 2.45) is 5.92 Å². The minimum Gasteiger partial charge on any atom is -0.311 e. The van der Waals surface area contributed by atoms with Crippen molar-refractivity contribution in [1.82, 2.24) is 5.32 Å². The minimum atomic E-state index is 0.655. The van der Waals surface area contributed by atoms with Crippen LogP contribution in [0.5, 0.6) is 0 Å². The van der Waals surface area contributed by atoms with Crippen LogP contribution in [0, 0.1) is 5.92 Å². The van der Waals surface area contributed by atoms with E-state index in [0.717, 1.165) is 12.0 Å². The summed E-state index contributed by atoms with van der Waals surface area (Å²) in [5.74, 6) is 0.971. The van der Waals surface area contributed by atoms with Crippen LogP contribution in [0.2, 0.25) is 0 Å². The van der Waals surface area contributed by atoms with Crippen LogP contribution in [0.3, 0.4) is 0 Å². The fourth-order valence-electron chi connectivity index (χ4n) is 2.62. The molecule has 2 rings (SSSR count). The molecule has 1 N–H and O–H groups in total. The van der Waals surface area contributed by atoms with E-state index in [2.05, 4.69) is 49.5 Å². The number of benzene rings is 1. The van der Waals surface area contributed by atoms with Crippen molar-refractivity contribution in [3.63, 3.8) is 0 Å². The van der Waals surface area contributed by atoms with Gasteiger partial charge in [0.2, 0.25) is 0 Å². The molecule has 0 radical (unpaired) electrons. The molecule has 0 amide bonds. The molecule has 0 aromatic heterocycles. The molecule has 0 heterocycles. The lowest BCUT2D eigenvalue weighted by atomic mass is 10.1.